The Morgan fingerprint density at radius 1 is 1.08 bits per heavy atom. The lowest BCUT2D eigenvalue weighted by Crippen LogP contribution is -2.23. The normalized spacial score (nSPS) is 11.6. The fourth-order valence-corrected chi connectivity index (χ4v) is 4.63. The molecule has 1 N–H and O–H groups in total. The van der Waals surface area contributed by atoms with Gasteiger partial charge in [-0.05, 0) is 46.3 Å². The van der Waals surface area contributed by atoms with Gasteiger partial charge in [-0.1, -0.05) is 34.1 Å². The number of halogens is 2. The minimum atomic E-state index is -3.63. The summed E-state index contributed by atoms with van der Waals surface area (Å²) in [5, 5.41) is 4.26. The van der Waals surface area contributed by atoms with Crippen molar-refractivity contribution >= 4 is 41.9 Å². The first-order chi connectivity index (χ1) is 11.5. The molecule has 3 rings (SSSR count). The molecule has 1 heterocycles. The monoisotopic (exact) mass is 469 g/mol. The molecule has 0 aliphatic heterocycles. The molecule has 2 aromatic carbocycles. The Morgan fingerprint density at radius 3 is 2.58 bits per heavy atom. The summed E-state index contributed by atoms with van der Waals surface area (Å²) in [4.78, 5) is 0.187. The third-order valence-corrected chi connectivity index (χ3v) is 6.19. The maximum Gasteiger partial charge on any atom is 0.242 e. The lowest BCUT2D eigenvalue weighted by molar-refractivity contribution is 0.581. The van der Waals surface area contributed by atoms with Crippen molar-refractivity contribution in [3.8, 4) is 5.69 Å². The van der Waals surface area contributed by atoms with Crippen LogP contribution in [0.25, 0.3) is 5.69 Å². The molecule has 8 heteroatoms. The molecule has 3 aromatic rings. The molecule has 0 amide bonds. The first-order valence-electron chi connectivity index (χ1n) is 6.99. The van der Waals surface area contributed by atoms with Crippen molar-refractivity contribution in [2.45, 2.75) is 11.4 Å². The lowest BCUT2D eigenvalue weighted by Gasteiger charge is -2.08. The molecule has 0 radical (unpaired) electrons. The summed E-state index contributed by atoms with van der Waals surface area (Å²) in [6.07, 6.45) is 3.44. The number of rotatable bonds is 5. The molecule has 0 aliphatic carbocycles. The molecule has 0 spiro atoms. The van der Waals surface area contributed by atoms with Crippen LogP contribution in [-0.2, 0) is 16.6 Å². The maximum absolute atomic E-state index is 12.5. The van der Waals surface area contributed by atoms with Crippen LogP contribution < -0.4 is 4.72 Å². The van der Waals surface area contributed by atoms with Crippen LogP contribution >= 0.6 is 31.9 Å². The Labute approximate surface area is 157 Å². The SMILES string of the molecule is O=S(=O)(NCc1cnn(-c2ccccc2)c1)c1cc(Br)ccc1Br. The van der Waals surface area contributed by atoms with Crippen molar-refractivity contribution in [3.63, 3.8) is 0 Å². The van der Waals surface area contributed by atoms with Gasteiger partial charge in [0, 0.05) is 27.3 Å². The third-order valence-electron chi connectivity index (χ3n) is 3.31. The van der Waals surface area contributed by atoms with E-state index in [4.69, 9.17) is 0 Å². The highest BCUT2D eigenvalue weighted by atomic mass is 79.9. The second kappa shape index (κ2) is 7.18. The smallest absolute Gasteiger partial charge is 0.241 e. The number of sulfonamides is 1. The van der Waals surface area contributed by atoms with E-state index in [-0.39, 0.29) is 11.4 Å². The molecular formula is C16H13Br2N3O2S. The van der Waals surface area contributed by atoms with Gasteiger partial charge in [-0.25, -0.2) is 17.8 Å². The summed E-state index contributed by atoms with van der Waals surface area (Å²) in [6, 6.07) is 14.6. The van der Waals surface area contributed by atoms with Crippen molar-refractivity contribution in [2.75, 3.05) is 0 Å². The lowest BCUT2D eigenvalue weighted by atomic mass is 10.3. The molecular weight excluding hydrogens is 458 g/mol. The van der Waals surface area contributed by atoms with E-state index in [0.29, 0.717) is 8.95 Å². The number of nitrogens with one attached hydrogen (secondary N) is 1. The van der Waals surface area contributed by atoms with Gasteiger partial charge >= 0.3 is 0 Å². The van der Waals surface area contributed by atoms with Gasteiger partial charge < -0.3 is 0 Å². The summed E-state index contributed by atoms with van der Waals surface area (Å²) in [7, 11) is -3.63. The van der Waals surface area contributed by atoms with Gasteiger partial charge in [0.15, 0.2) is 0 Å². The Bertz CT molecular complexity index is 956. The van der Waals surface area contributed by atoms with Crippen molar-refractivity contribution in [3.05, 3.63) is 75.4 Å². The van der Waals surface area contributed by atoms with Crippen LogP contribution in [0.2, 0.25) is 0 Å². The Kier molecular flexibility index (Phi) is 5.19. The standard InChI is InChI=1S/C16H13Br2N3O2S/c17-13-6-7-15(18)16(8-13)24(22,23)20-10-12-9-19-21(11-12)14-4-2-1-3-5-14/h1-9,11,20H,10H2. The van der Waals surface area contributed by atoms with Gasteiger partial charge in [0.25, 0.3) is 0 Å². The van der Waals surface area contributed by atoms with Gasteiger partial charge in [-0.2, -0.15) is 5.10 Å². The Morgan fingerprint density at radius 2 is 1.83 bits per heavy atom. The minimum Gasteiger partial charge on any atom is -0.241 e. The zero-order valence-electron chi connectivity index (χ0n) is 12.4. The van der Waals surface area contributed by atoms with E-state index >= 15 is 0 Å². The van der Waals surface area contributed by atoms with Gasteiger partial charge in [0.2, 0.25) is 10.0 Å². The van der Waals surface area contributed by atoms with Crippen LogP contribution in [0.1, 0.15) is 5.56 Å². The molecule has 0 saturated heterocycles. The number of nitrogens with zero attached hydrogens (tertiary/aromatic N) is 2. The predicted octanol–water partition coefficient (Wildman–Crippen LogP) is 3.88. The first-order valence-corrected chi connectivity index (χ1v) is 10.1. The molecule has 0 fully saturated rings. The molecule has 0 bridgehead atoms. The predicted molar refractivity (Wildman–Crippen MR) is 99.4 cm³/mol. The quantitative estimate of drug-likeness (QED) is 0.615. The van der Waals surface area contributed by atoms with E-state index in [2.05, 4.69) is 41.7 Å². The molecule has 24 heavy (non-hydrogen) atoms. The van der Waals surface area contributed by atoms with E-state index in [1.54, 1.807) is 35.3 Å². The average molecular weight is 471 g/mol. The zero-order chi connectivity index (χ0) is 17.2. The minimum absolute atomic E-state index is 0.161. The summed E-state index contributed by atoms with van der Waals surface area (Å²) < 4.78 is 30.4. The van der Waals surface area contributed by atoms with Crippen molar-refractivity contribution < 1.29 is 8.42 Å². The van der Waals surface area contributed by atoms with E-state index in [1.165, 1.54) is 0 Å². The highest BCUT2D eigenvalue weighted by Crippen LogP contribution is 2.25. The maximum atomic E-state index is 12.5. The van der Waals surface area contributed by atoms with Crippen molar-refractivity contribution in [2.24, 2.45) is 0 Å². The molecule has 1 aromatic heterocycles. The highest BCUT2D eigenvalue weighted by Gasteiger charge is 2.18. The number of benzene rings is 2. The van der Waals surface area contributed by atoms with Crippen LogP contribution in [0.3, 0.4) is 0 Å². The van der Waals surface area contributed by atoms with Crippen LogP contribution in [0.5, 0.6) is 0 Å². The fraction of sp³-hybridized carbons (Fsp3) is 0.0625. The number of hydrogen-bond donors (Lipinski definition) is 1. The molecule has 124 valence electrons. The van der Waals surface area contributed by atoms with E-state index < -0.39 is 10.0 Å². The zero-order valence-corrected chi connectivity index (χ0v) is 16.3. The summed E-state index contributed by atoms with van der Waals surface area (Å²) in [6.45, 7) is 0.161. The number of aromatic nitrogens is 2. The van der Waals surface area contributed by atoms with Gasteiger partial charge in [-0.15, -0.1) is 0 Å². The third kappa shape index (κ3) is 3.94. The molecule has 0 saturated carbocycles. The fourth-order valence-electron chi connectivity index (χ4n) is 2.11. The molecule has 0 aliphatic rings. The van der Waals surface area contributed by atoms with Gasteiger partial charge in [0.1, 0.15) is 0 Å². The Hall–Kier alpha value is -1.48. The van der Waals surface area contributed by atoms with Crippen molar-refractivity contribution in [1.82, 2.24) is 14.5 Å². The average Bonchev–Trinajstić information content (AvgIpc) is 3.05. The van der Waals surface area contributed by atoms with Crippen LogP contribution in [0, 0.1) is 0 Å². The largest absolute Gasteiger partial charge is 0.242 e. The second-order valence-electron chi connectivity index (χ2n) is 5.03. The molecule has 0 unspecified atom stereocenters. The summed E-state index contributed by atoms with van der Waals surface area (Å²) >= 11 is 6.56. The Balaban J connectivity index is 1.76. The van der Waals surface area contributed by atoms with Crippen LogP contribution in [-0.4, -0.2) is 18.2 Å². The topological polar surface area (TPSA) is 64.0 Å². The van der Waals surface area contributed by atoms with Crippen LogP contribution in [0.4, 0.5) is 0 Å². The molecule has 5 nitrogen and oxygen atoms in total. The van der Waals surface area contributed by atoms with Crippen molar-refractivity contribution in [1.29, 1.82) is 0 Å². The van der Waals surface area contributed by atoms with Crippen LogP contribution in [0.15, 0.2) is 74.8 Å². The first kappa shape index (κ1) is 17.3. The van der Waals surface area contributed by atoms with E-state index in [9.17, 15) is 8.42 Å². The highest BCUT2D eigenvalue weighted by molar-refractivity contribution is 9.11. The van der Waals surface area contributed by atoms with E-state index in [1.807, 2.05) is 30.3 Å². The second-order valence-corrected chi connectivity index (χ2v) is 8.53. The van der Waals surface area contributed by atoms with E-state index in [0.717, 1.165) is 11.3 Å². The van der Waals surface area contributed by atoms with Gasteiger partial charge in [0.05, 0.1) is 16.8 Å². The van der Waals surface area contributed by atoms with Gasteiger partial charge in [-0.3, -0.25) is 0 Å². The summed E-state index contributed by atoms with van der Waals surface area (Å²) in [5.41, 5.74) is 1.69. The molecule has 0 atom stereocenters. The number of para-hydroxylation sites is 1. The summed E-state index contributed by atoms with van der Waals surface area (Å²) in [5.74, 6) is 0. The number of hydrogen-bond acceptors (Lipinski definition) is 3.